The van der Waals surface area contributed by atoms with Crippen LogP contribution in [0.4, 0.5) is 11.4 Å². The minimum atomic E-state index is -0.615. The maximum Gasteiger partial charge on any atom is 0.235 e. The van der Waals surface area contributed by atoms with Gasteiger partial charge in [0.25, 0.3) is 0 Å². The number of H-pyrrole nitrogens is 1. The third kappa shape index (κ3) is 5.40. The van der Waals surface area contributed by atoms with Crippen LogP contribution in [-0.4, -0.2) is 47.4 Å². The lowest BCUT2D eigenvalue weighted by atomic mass is 9.72. The molecule has 0 unspecified atom stereocenters. The summed E-state index contributed by atoms with van der Waals surface area (Å²) in [5.41, 5.74) is 4.24. The van der Waals surface area contributed by atoms with Crippen molar-refractivity contribution >= 4 is 17.3 Å². The molecule has 3 heterocycles. The second kappa shape index (κ2) is 11.4. The van der Waals surface area contributed by atoms with E-state index in [2.05, 4.69) is 50.0 Å². The molecule has 4 aromatic rings. The summed E-state index contributed by atoms with van der Waals surface area (Å²) in [6.45, 7) is 3.60. The van der Waals surface area contributed by atoms with Gasteiger partial charge in [-0.15, -0.1) is 0 Å². The number of phenols is 1. The molecule has 0 radical (unpaired) electrons. The van der Waals surface area contributed by atoms with Crippen LogP contribution >= 0.6 is 0 Å². The molecule has 0 aliphatic carbocycles. The zero-order valence-corrected chi connectivity index (χ0v) is 22.5. The lowest BCUT2D eigenvalue weighted by molar-refractivity contribution is -0.122. The van der Waals surface area contributed by atoms with Gasteiger partial charge in [0, 0.05) is 42.3 Å². The first-order valence-electron chi connectivity index (χ1n) is 14.1. The standard InChI is InChI=1S/C32H35N5O3/c38-29-13-10-27(37-18-2-1-3-19-37)20-30(29)40-28-11-8-26(9-12-28)36-31(39)32(14-16-33-17-15-32)25-6-4-23(5-7-25)24-21-34-35-22-24/h4-13,20-22,33,38H,1-3,14-19H2,(H,34,35)(H,36,39). The van der Waals surface area contributed by atoms with E-state index in [0.29, 0.717) is 17.2 Å². The number of phenolic OH excluding ortho intramolecular Hbond substituents is 1. The fourth-order valence-corrected chi connectivity index (χ4v) is 5.81. The van der Waals surface area contributed by atoms with E-state index in [1.54, 1.807) is 12.3 Å². The topological polar surface area (TPSA) is 103 Å². The van der Waals surface area contributed by atoms with Crippen molar-refractivity contribution in [1.29, 1.82) is 0 Å². The molecule has 2 saturated heterocycles. The fourth-order valence-electron chi connectivity index (χ4n) is 5.81. The van der Waals surface area contributed by atoms with E-state index in [0.717, 1.165) is 61.4 Å². The number of hydrogen-bond donors (Lipinski definition) is 4. The Balaban J connectivity index is 1.16. The van der Waals surface area contributed by atoms with Crippen molar-refractivity contribution < 1.29 is 14.6 Å². The molecule has 2 aliphatic rings. The third-order valence-electron chi connectivity index (χ3n) is 8.17. The molecular weight excluding hydrogens is 502 g/mol. The molecule has 0 atom stereocenters. The molecule has 3 aromatic carbocycles. The summed E-state index contributed by atoms with van der Waals surface area (Å²) < 4.78 is 6.04. The summed E-state index contributed by atoms with van der Waals surface area (Å²) in [6.07, 6.45) is 8.72. The number of rotatable bonds is 7. The molecule has 0 spiro atoms. The van der Waals surface area contributed by atoms with E-state index >= 15 is 0 Å². The number of aromatic amines is 1. The molecule has 0 saturated carbocycles. The number of aromatic hydroxyl groups is 1. The quantitative estimate of drug-likeness (QED) is 0.237. The number of ether oxygens (including phenoxy) is 1. The summed E-state index contributed by atoms with van der Waals surface area (Å²) in [5.74, 6) is 1.11. The smallest absolute Gasteiger partial charge is 0.235 e. The zero-order chi connectivity index (χ0) is 27.4. The Hall–Kier alpha value is -4.30. The molecule has 6 rings (SSSR count). The minimum Gasteiger partial charge on any atom is -0.504 e. The Labute approximate surface area is 234 Å². The maximum absolute atomic E-state index is 13.8. The van der Waals surface area contributed by atoms with Crippen molar-refractivity contribution in [2.24, 2.45) is 0 Å². The number of nitrogens with one attached hydrogen (secondary N) is 3. The Bertz CT molecular complexity index is 1420. The van der Waals surface area contributed by atoms with Crippen molar-refractivity contribution in [3.05, 3.63) is 84.7 Å². The number of piperidine rings is 2. The third-order valence-corrected chi connectivity index (χ3v) is 8.17. The predicted molar refractivity (Wildman–Crippen MR) is 157 cm³/mol. The molecule has 2 aliphatic heterocycles. The number of carbonyl (C=O) groups excluding carboxylic acids is 1. The van der Waals surface area contributed by atoms with E-state index in [1.165, 1.54) is 19.3 Å². The average Bonchev–Trinajstić information content (AvgIpc) is 3.55. The van der Waals surface area contributed by atoms with Gasteiger partial charge in [-0.25, -0.2) is 0 Å². The van der Waals surface area contributed by atoms with E-state index in [4.69, 9.17) is 4.74 Å². The highest BCUT2D eigenvalue weighted by atomic mass is 16.5. The van der Waals surface area contributed by atoms with Gasteiger partial charge in [-0.05, 0) is 92.7 Å². The number of amides is 1. The maximum atomic E-state index is 13.8. The van der Waals surface area contributed by atoms with Crippen LogP contribution in [0.25, 0.3) is 11.1 Å². The van der Waals surface area contributed by atoms with E-state index in [9.17, 15) is 9.90 Å². The Morgan fingerprint density at radius 3 is 2.38 bits per heavy atom. The lowest BCUT2D eigenvalue weighted by Gasteiger charge is -2.37. The fraction of sp³-hybridized carbons (Fsp3) is 0.312. The molecule has 1 aromatic heterocycles. The first-order chi connectivity index (χ1) is 19.6. The first kappa shape index (κ1) is 26.0. The van der Waals surface area contributed by atoms with Crippen LogP contribution in [0.1, 0.15) is 37.7 Å². The molecule has 4 N–H and O–H groups in total. The van der Waals surface area contributed by atoms with E-state index in [-0.39, 0.29) is 11.7 Å². The largest absolute Gasteiger partial charge is 0.504 e. The highest BCUT2D eigenvalue weighted by molar-refractivity contribution is 5.99. The van der Waals surface area contributed by atoms with Crippen LogP contribution in [0.15, 0.2) is 79.1 Å². The second-order valence-electron chi connectivity index (χ2n) is 10.7. The number of hydrogen-bond acceptors (Lipinski definition) is 6. The SMILES string of the molecule is O=C(Nc1ccc(Oc2cc(N3CCCCC3)ccc2O)cc1)C1(c2ccc(-c3cn[nH]c3)cc2)CCNCC1. The van der Waals surface area contributed by atoms with Crippen molar-refractivity contribution in [3.8, 4) is 28.4 Å². The van der Waals surface area contributed by atoms with Crippen molar-refractivity contribution in [2.45, 2.75) is 37.5 Å². The summed E-state index contributed by atoms with van der Waals surface area (Å²) in [7, 11) is 0. The molecule has 2 fully saturated rings. The Morgan fingerprint density at radius 1 is 0.925 bits per heavy atom. The lowest BCUT2D eigenvalue weighted by Crippen LogP contribution is -2.48. The normalized spacial score (nSPS) is 16.9. The van der Waals surface area contributed by atoms with Crippen molar-refractivity contribution in [1.82, 2.24) is 15.5 Å². The van der Waals surface area contributed by atoms with Gasteiger partial charge in [0.05, 0.1) is 11.6 Å². The van der Waals surface area contributed by atoms with Gasteiger partial charge in [0.2, 0.25) is 5.91 Å². The van der Waals surface area contributed by atoms with Gasteiger partial charge in [-0.1, -0.05) is 24.3 Å². The molecular formula is C32H35N5O3. The number of carbonyl (C=O) groups is 1. The van der Waals surface area contributed by atoms with Gasteiger partial charge in [-0.3, -0.25) is 9.89 Å². The molecule has 1 amide bonds. The Morgan fingerprint density at radius 2 is 1.68 bits per heavy atom. The summed E-state index contributed by atoms with van der Waals surface area (Å²) >= 11 is 0. The predicted octanol–water partition coefficient (Wildman–Crippen LogP) is 5.82. The average molecular weight is 538 g/mol. The van der Waals surface area contributed by atoms with Crippen LogP contribution in [-0.2, 0) is 10.2 Å². The van der Waals surface area contributed by atoms with E-state index in [1.807, 2.05) is 42.6 Å². The molecule has 8 heteroatoms. The molecule has 40 heavy (non-hydrogen) atoms. The second-order valence-corrected chi connectivity index (χ2v) is 10.7. The van der Waals surface area contributed by atoms with Crippen LogP contribution in [0.3, 0.4) is 0 Å². The monoisotopic (exact) mass is 537 g/mol. The van der Waals surface area contributed by atoms with Gasteiger partial charge in [0.1, 0.15) is 5.75 Å². The number of nitrogens with zero attached hydrogens (tertiary/aromatic N) is 2. The van der Waals surface area contributed by atoms with Crippen molar-refractivity contribution in [2.75, 3.05) is 36.4 Å². The number of anilines is 2. The first-order valence-corrected chi connectivity index (χ1v) is 14.1. The summed E-state index contributed by atoms with van der Waals surface area (Å²) in [5, 5.41) is 23.8. The van der Waals surface area contributed by atoms with Gasteiger partial charge in [0.15, 0.2) is 11.5 Å². The summed E-state index contributed by atoms with van der Waals surface area (Å²) in [6, 6.07) is 21.1. The molecule has 0 bridgehead atoms. The van der Waals surface area contributed by atoms with Crippen LogP contribution in [0.2, 0.25) is 0 Å². The van der Waals surface area contributed by atoms with Crippen LogP contribution < -0.4 is 20.3 Å². The van der Waals surface area contributed by atoms with Gasteiger partial charge < -0.3 is 25.4 Å². The molecule has 8 nitrogen and oxygen atoms in total. The van der Waals surface area contributed by atoms with Crippen LogP contribution in [0, 0.1) is 0 Å². The zero-order valence-electron chi connectivity index (χ0n) is 22.5. The van der Waals surface area contributed by atoms with Gasteiger partial charge in [-0.2, -0.15) is 5.10 Å². The number of aromatic nitrogens is 2. The highest BCUT2D eigenvalue weighted by Crippen LogP contribution is 2.38. The minimum absolute atomic E-state index is 0.00870. The number of benzene rings is 3. The van der Waals surface area contributed by atoms with Crippen LogP contribution in [0.5, 0.6) is 17.2 Å². The van der Waals surface area contributed by atoms with Gasteiger partial charge >= 0.3 is 0 Å². The highest BCUT2D eigenvalue weighted by Gasteiger charge is 2.41. The molecule has 206 valence electrons. The Kier molecular flexibility index (Phi) is 7.42. The summed E-state index contributed by atoms with van der Waals surface area (Å²) in [4.78, 5) is 16.1. The van der Waals surface area contributed by atoms with Crippen molar-refractivity contribution in [3.63, 3.8) is 0 Å². The van der Waals surface area contributed by atoms with E-state index < -0.39 is 5.41 Å².